The molecule has 0 aromatic heterocycles. The van der Waals surface area contributed by atoms with Crippen LogP contribution in [0.25, 0.3) is 0 Å². The van der Waals surface area contributed by atoms with E-state index in [2.05, 4.69) is 25.2 Å². The quantitative estimate of drug-likeness (QED) is 0.466. The molecule has 0 nitrogen and oxygen atoms in total. The number of allylic oxidation sites excluding steroid dienone is 4. The lowest BCUT2D eigenvalue weighted by Gasteiger charge is -2.10. The van der Waals surface area contributed by atoms with E-state index in [0.29, 0.717) is 0 Å². The summed E-state index contributed by atoms with van der Waals surface area (Å²) in [6, 6.07) is 0. The van der Waals surface area contributed by atoms with Crippen molar-refractivity contribution in [2.24, 2.45) is 11.8 Å². The molecule has 0 heteroatoms. The summed E-state index contributed by atoms with van der Waals surface area (Å²) in [7, 11) is 0. The maximum atomic E-state index is 2.44. The number of fused-ring (bicyclic) bond motifs is 1. The van der Waals surface area contributed by atoms with Crippen molar-refractivity contribution >= 4 is 0 Å². The van der Waals surface area contributed by atoms with Crippen LogP contribution in [0.15, 0.2) is 23.8 Å². The van der Waals surface area contributed by atoms with Gasteiger partial charge in [0.1, 0.15) is 0 Å². The van der Waals surface area contributed by atoms with Gasteiger partial charge in [-0.3, -0.25) is 0 Å². The molecular weight excluding hydrogens is 108 g/mol. The van der Waals surface area contributed by atoms with Gasteiger partial charge in [0.15, 0.2) is 0 Å². The lowest BCUT2D eigenvalue weighted by atomic mass is 9.96. The van der Waals surface area contributed by atoms with Gasteiger partial charge in [-0.1, -0.05) is 23.8 Å². The average Bonchev–Trinajstić information content (AvgIpc) is 2.20. The van der Waals surface area contributed by atoms with Crippen LogP contribution in [0.3, 0.4) is 0 Å². The third-order valence-corrected chi connectivity index (χ3v) is 2.41. The zero-order chi connectivity index (χ0) is 6.27. The van der Waals surface area contributed by atoms with Crippen molar-refractivity contribution in [2.75, 3.05) is 0 Å². The summed E-state index contributed by atoms with van der Waals surface area (Å²) in [5.41, 5.74) is 1.69. The van der Waals surface area contributed by atoms with Crippen molar-refractivity contribution < 1.29 is 0 Å². The highest BCUT2D eigenvalue weighted by molar-refractivity contribution is 5.30. The highest BCUT2D eigenvalue weighted by Gasteiger charge is 2.33. The van der Waals surface area contributed by atoms with E-state index in [9.17, 15) is 0 Å². The van der Waals surface area contributed by atoms with Crippen molar-refractivity contribution in [3.8, 4) is 0 Å². The maximum absolute atomic E-state index is 2.44. The Bertz CT molecular complexity index is 174. The van der Waals surface area contributed by atoms with Gasteiger partial charge in [-0.2, -0.15) is 0 Å². The van der Waals surface area contributed by atoms with Crippen LogP contribution in [0, 0.1) is 11.8 Å². The summed E-state index contributed by atoms with van der Waals surface area (Å²) in [5, 5.41) is 0. The first-order valence-electron chi connectivity index (χ1n) is 3.73. The average molecular weight is 120 g/mol. The van der Waals surface area contributed by atoms with Gasteiger partial charge in [-0.05, 0) is 31.6 Å². The summed E-state index contributed by atoms with van der Waals surface area (Å²) in [5.74, 6) is 1.79. The van der Waals surface area contributed by atoms with Crippen LogP contribution in [0.2, 0.25) is 0 Å². The van der Waals surface area contributed by atoms with Crippen LogP contribution in [0.1, 0.15) is 19.8 Å². The van der Waals surface area contributed by atoms with E-state index < -0.39 is 0 Å². The van der Waals surface area contributed by atoms with Crippen molar-refractivity contribution in [2.45, 2.75) is 19.8 Å². The fraction of sp³-hybridized carbons (Fsp3) is 0.556. The second-order valence-electron chi connectivity index (χ2n) is 3.07. The Morgan fingerprint density at radius 1 is 1.67 bits per heavy atom. The lowest BCUT2D eigenvalue weighted by Crippen LogP contribution is -1.95. The fourth-order valence-corrected chi connectivity index (χ4v) is 1.91. The van der Waals surface area contributed by atoms with E-state index in [1.165, 1.54) is 12.8 Å². The lowest BCUT2D eigenvalue weighted by molar-refractivity contribution is 0.647. The summed E-state index contributed by atoms with van der Waals surface area (Å²) in [4.78, 5) is 0. The van der Waals surface area contributed by atoms with Crippen LogP contribution in [0.5, 0.6) is 0 Å². The van der Waals surface area contributed by atoms with E-state index in [1.54, 1.807) is 5.57 Å². The first-order valence-corrected chi connectivity index (χ1v) is 3.73. The molecule has 3 aliphatic carbocycles. The first-order chi connectivity index (χ1) is 4.40. The number of hydrogen-bond donors (Lipinski definition) is 0. The summed E-state index contributed by atoms with van der Waals surface area (Å²) < 4.78 is 0. The fourth-order valence-electron chi connectivity index (χ4n) is 1.91. The molecule has 0 amide bonds. The smallest absolute Gasteiger partial charge is 0.00174 e. The molecule has 0 radical (unpaired) electrons. The Kier molecular flexibility index (Phi) is 1.01. The molecule has 0 aromatic carbocycles. The van der Waals surface area contributed by atoms with Gasteiger partial charge in [-0.15, -0.1) is 0 Å². The van der Waals surface area contributed by atoms with Crippen LogP contribution in [-0.2, 0) is 0 Å². The SMILES string of the molecule is CC=CC1CC2C=C1C2. The van der Waals surface area contributed by atoms with Gasteiger partial charge >= 0.3 is 0 Å². The molecule has 0 spiro atoms. The molecule has 0 heterocycles. The number of rotatable bonds is 1. The first kappa shape index (κ1) is 5.28. The van der Waals surface area contributed by atoms with E-state index >= 15 is 0 Å². The summed E-state index contributed by atoms with van der Waals surface area (Å²) in [6.45, 7) is 2.11. The molecule has 1 saturated carbocycles. The molecule has 0 N–H and O–H groups in total. The highest BCUT2D eigenvalue weighted by Crippen LogP contribution is 2.46. The molecule has 0 aromatic rings. The predicted octanol–water partition coefficient (Wildman–Crippen LogP) is 2.53. The zero-order valence-electron chi connectivity index (χ0n) is 5.80. The Labute approximate surface area is 56.3 Å². The Hall–Kier alpha value is -0.520. The molecular formula is C9H12. The van der Waals surface area contributed by atoms with Crippen LogP contribution >= 0.6 is 0 Å². The Morgan fingerprint density at radius 2 is 2.44 bits per heavy atom. The van der Waals surface area contributed by atoms with E-state index in [1.807, 2.05) is 0 Å². The third-order valence-electron chi connectivity index (χ3n) is 2.41. The molecule has 1 fully saturated rings. The standard InChI is InChI=1S/C9H12/c1-2-3-8-4-7-5-9(8)6-7/h2-3,5,7-8H,4,6H2,1H3. The molecule has 9 heavy (non-hydrogen) atoms. The van der Waals surface area contributed by atoms with Gasteiger partial charge in [0, 0.05) is 0 Å². The van der Waals surface area contributed by atoms with Gasteiger partial charge in [0.25, 0.3) is 0 Å². The molecule has 2 bridgehead atoms. The minimum atomic E-state index is 0.833. The van der Waals surface area contributed by atoms with Gasteiger partial charge in [-0.25, -0.2) is 0 Å². The van der Waals surface area contributed by atoms with Crippen LogP contribution in [-0.4, -0.2) is 0 Å². The highest BCUT2D eigenvalue weighted by atomic mass is 14.4. The van der Waals surface area contributed by atoms with Crippen molar-refractivity contribution in [1.29, 1.82) is 0 Å². The second-order valence-corrected chi connectivity index (χ2v) is 3.07. The number of hydrogen-bond acceptors (Lipinski definition) is 0. The third kappa shape index (κ3) is 0.658. The maximum Gasteiger partial charge on any atom is -0.00174 e. The van der Waals surface area contributed by atoms with Crippen LogP contribution in [0.4, 0.5) is 0 Å². The molecule has 0 aliphatic heterocycles. The molecule has 2 unspecified atom stereocenters. The summed E-state index contributed by atoms with van der Waals surface area (Å²) >= 11 is 0. The van der Waals surface area contributed by atoms with E-state index in [4.69, 9.17) is 0 Å². The molecule has 0 saturated heterocycles. The molecule has 3 rings (SSSR count). The zero-order valence-corrected chi connectivity index (χ0v) is 5.80. The molecule has 2 atom stereocenters. The molecule has 48 valence electrons. The monoisotopic (exact) mass is 120 g/mol. The second kappa shape index (κ2) is 1.73. The predicted molar refractivity (Wildman–Crippen MR) is 39.1 cm³/mol. The normalized spacial score (nSPS) is 39.0. The van der Waals surface area contributed by atoms with Gasteiger partial charge < -0.3 is 0 Å². The largest absolute Gasteiger partial charge is 0.0911 e. The van der Waals surface area contributed by atoms with Crippen molar-refractivity contribution in [3.05, 3.63) is 23.8 Å². The van der Waals surface area contributed by atoms with Gasteiger partial charge in [0.05, 0.1) is 0 Å². The summed E-state index contributed by atoms with van der Waals surface area (Å²) in [6.07, 6.45) is 9.74. The Morgan fingerprint density at radius 3 is 2.89 bits per heavy atom. The topological polar surface area (TPSA) is 0 Å². The minimum Gasteiger partial charge on any atom is -0.0911 e. The molecule has 3 aliphatic rings. The van der Waals surface area contributed by atoms with E-state index in [0.717, 1.165) is 11.8 Å². The minimum absolute atomic E-state index is 0.833. The van der Waals surface area contributed by atoms with Gasteiger partial charge in [0.2, 0.25) is 0 Å². The van der Waals surface area contributed by atoms with Crippen molar-refractivity contribution in [1.82, 2.24) is 0 Å². The van der Waals surface area contributed by atoms with E-state index in [-0.39, 0.29) is 0 Å². The Balaban J connectivity index is 2.10. The van der Waals surface area contributed by atoms with Crippen LogP contribution < -0.4 is 0 Å². The van der Waals surface area contributed by atoms with Crippen molar-refractivity contribution in [3.63, 3.8) is 0 Å².